The van der Waals surface area contributed by atoms with E-state index in [1.807, 2.05) is 66.1 Å². The third-order valence-electron chi connectivity index (χ3n) is 10.5. The standard InChI is InChI=1S/C22H30N2O5.C21H32N2O4.CH4.B.Li.H/c1-22(2,3)29-21(26)24-9-8-17(24)14-28-18-10-16(12-23-13-18)19-11-15(19)6-5-7-20(25)27-4;1-21(2,3)27-20(25)23-8-7-17(23)14-26-18-10-16(12-22-13-18)19-11-15(19)6-4-5-9-24;;;;/h5,7,10,12-13,15,17,19H,6,8-9,11,14H2,1-4H3;10,12-13,15,17,19,24H,4-9,11,14H2,1-3H3;1H4;;;/q;;;;+1;-1/b7-5+;;;;;/t2*15-,17-,19-;;;;/m00..../s1. The van der Waals surface area contributed by atoms with Gasteiger partial charge in [0, 0.05) is 46.6 Å². The van der Waals surface area contributed by atoms with Gasteiger partial charge in [-0.3, -0.25) is 9.97 Å². The molecule has 15 heteroatoms. The van der Waals surface area contributed by atoms with Gasteiger partial charge in [-0.05, 0) is 133 Å². The number of allylic oxidation sites excluding steroid dienone is 1. The normalized spacial score (nSPS) is 22.6. The average Bonchev–Trinajstić information content (AvgIpc) is 4.03. The molecule has 2 aliphatic carbocycles. The van der Waals surface area contributed by atoms with Crippen LogP contribution < -0.4 is 28.3 Å². The van der Waals surface area contributed by atoms with Crippen LogP contribution in [0.4, 0.5) is 9.59 Å². The summed E-state index contributed by atoms with van der Waals surface area (Å²) in [4.78, 5) is 47.6. The third-order valence-corrected chi connectivity index (χ3v) is 10.5. The second-order valence-electron chi connectivity index (χ2n) is 17.3. The van der Waals surface area contributed by atoms with Gasteiger partial charge in [-0.15, -0.1) is 0 Å². The van der Waals surface area contributed by atoms with Gasteiger partial charge >= 0.3 is 37.0 Å². The molecule has 4 aliphatic rings. The minimum Gasteiger partial charge on any atom is -1.00 e. The van der Waals surface area contributed by atoms with Crippen LogP contribution >= 0.6 is 0 Å². The van der Waals surface area contributed by atoms with Gasteiger partial charge in [0.2, 0.25) is 0 Å². The molecule has 2 amide bonds. The number of nitrogens with zero attached hydrogens (tertiary/aromatic N) is 4. The fourth-order valence-electron chi connectivity index (χ4n) is 6.99. The maximum atomic E-state index is 12.2. The molecule has 0 bridgehead atoms. The van der Waals surface area contributed by atoms with Crippen molar-refractivity contribution in [3.05, 3.63) is 60.2 Å². The molecule has 59 heavy (non-hydrogen) atoms. The molecule has 1 N–H and O–H groups in total. The molecule has 6 atom stereocenters. The molecule has 0 aromatic carbocycles. The summed E-state index contributed by atoms with van der Waals surface area (Å²) in [7, 11) is 1.38. The predicted molar refractivity (Wildman–Crippen MR) is 224 cm³/mol. The van der Waals surface area contributed by atoms with Gasteiger partial charge < -0.3 is 40.0 Å². The molecule has 4 fully saturated rings. The number of pyridine rings is 2. The zero-order valence-electron chi connectivity index (χ0n) is 36.9. The molecule has 321 valence electrons. The second-order valence-corrected chi connectivity index (χ2v) is 17.3. The number of aliphatic hydroxyl groups excluding tert-OH is 1. The first-order valence-corrected chi connectivity index (χ1v) is 20.1. The molecule has 2 aromatic heterocycles. The number of hydrogen-bond donors (Lipinski definition) is 1. The number of ether oxygens (including phenoxy) is 5. The molecule has 3 radical (unpaired) electrons. The van der Waals surface area contributed by atoms with Crippen LogP contribution in [0.15, 0.2) is 49.1 Å². The fourth-order valence-corrected chi connectivity index (χ4v) is 6.99. The Morgan fingerprint density at radius 1 is 0.797 bits per heavy atom. The number of unbranched alkanes of at least 4 members (excludes halogenated alkanes) is 1. The number of hydrogen-bond acceptors (Lipinski definition) is 11. The summed E-state index contributed by atoms with van der Waals surface area (Å²) in [5, 5.41) is 8.90. The number of aliphatic hydroxyl groups is 1. The van der Waals surface area contributed by atoms with Crippen molar-refractivity contribution in [3.8, 4) is 11.5 Å². The van der Waals surface area contributed by atoms with Crippen LogP contribution in [-0.2, 0) is 19.0 Å². The van der Waals surface area contributed by atoms with Crippen molar-refractivity contribution in [1.82, 2.24) is 19.8 Å². The van der Waals surface area contributed by atoms with E-state index in [9.17, 15) is 14.4 Å². The van der Waals surface area contributed by atoms with E-state index < -0.39 is 11.2 Å². The van der Waals surface area contributed by atoms with Crippen LogP contribution in [0, 0.1) is 11.8 Å². The number of carbonyl (C=O) groups is 3. The number of carbonyl (C=O) groups excluding carboxylic acids is 3. The van der Waals surface area contributed by atoms with Gasteiger partial charge in [-0.2, -0.15) is 0 Å². The smallest absolute Gasteiger partial charge is 1.00 e. The van der Waals surface area contributed by atoms with Crippen LogP contribution in [0.25, 0.3) is 0 Å². The van der Waals surface area contributed by atoms with Gasteiger partial charge in [-0.1, -0.05) is 19.9 Å². The molecule has 2 saturated heterocycles. The summed E-state index contributed by atoms with van der Waals surface area (Å²) in [6.45, 7) is 13.8. The Morgan fingerprint density at radius 3 is 1.69 bits per heavy atom. The summed E-state index contributed by atoms with van der Waals surface area (Å²) in [5.41, 5.74) is 1.41. The van der Waals surface area contributed by atoms with Crippen molar-refractivity contribution >= 4 is 26.6 Å². The molecule has 4 heterocycles. The third kappa shape index (κ3) is 16.3. The van der Waals surface area contributed by atoms with Gasteiger partial charge in [0.25, 0.3) is 0 Å². The number of likely N-dealkylation sites (tertiary alicyclic amines) is 2. The van der Waals surface area contributed by atoms with E-state index in [-0.39, 0.29) is 73.0 Å². The first-order valence-electron chi connectivity index (χ1n) is 20.1. The van der Waals surface area contributed by atoms with Gasteiger partial charge in [-0.25, -0.2) is 14.4 Å². The number of rotatable bonds is 15. The van der Waals surface area contributed by atoms with Crippen molar-refractivity contribution < 1.29 is 63.5 Å². The first-order chi connectivity index (χ1) is 26.6. The molecule has 6 rings (SSSR count). The Bertz CT molecular complexity index is 1680. The van der Waals surface area contributed by atoms with Crippen LogP contribution in [-0.4, -0.2) is 115 Å². The Morgan fingerprint density at radius 2 is 1.27 bits per heavy atom. The molecular weight excluding hydrogens is 746 g/mol. The monoisotopic (exact) mass is 814 g/mol. The van der Waals surface area contributed by atoms with Crippen LogP contribution in [0.5, 0.6) is 11.5 Å². The van der Waals surface area contributed by atoms with E-state index in [4.69, 9.17) is 24.1 Å². The van der Waals surface area contributed by atoms with Crippen molar-refractivity contribution in [2.45, 2.75) is 135 Å². The van der Waals surface area contributed by atoms with E-state index in [1.165, 1.54) is 31.6 Å². The SMILES string of the molecule is C.CC(C)(C)OC(=O)N1CC[C@H]1COc1cncc([C@H]2C[C@@H]2CCCCO)c1.COC(=O)/C=C/C[C@H]1C[C@@H]1c1cncc(OC[C@@H]2CCN2C(=O)OC(C)(C)C)c1.[B].[H-].[Li+]. The Labute approximate surface area is 367 Å². The van der Waals surface area contributed by atoms with Crippen molar-refractivity contribution in [2.24, 2.45) is 11.8 Å². The van der Waals surface area contributed by atoms with Gasteiger partial charge in [0.05, 0.1) is 31.6 Å². The molecular formula is C44H67BLiN4O9. The fraction of sp³-hybridized carbons (Fsp3) is 0.659. The quantitative estimate of drug-likeness (QED) is 0.0869. The molecule has 13 nitrogen and oxygen atoms in total. The molecule has 2 saturated carbocycles. The number of methoxy groups -OCH3 is 1. The summed E-state index contributed by atoms with van der Waals surface area (Å²) in [5.74, 6) is 3.40. The second kappa shape index (κ2) is 23.3. The summed E-state index contributed by atoms with van der Waals surface area (Å²) in [6.07, 6.45) is 18.1. The summed E-state index contributed by atoms with van der Waals surface area (Å²) >= 11 is 0. The Balaban J connectivity index is 0.000000564. The van der Waals surface area contributed by atoms with E-state index >= 15 is 0 Å². The largest absolute Gasteiger partial charge is 1.00 e. The maximum Gasteiger partial charge on any atom is 1.00 e. The van der Waals surface area contributed by atoms with Crippen LogP contribution in [0.3, 0.4) is 0 Å². The maximum absolute atomic E-state index is 12.2. The summed E-state index contributed by atoms with van der Waals surface area (Å²) < 4.78 is 27.3. The average molecular weight is 814 g/mol. The van der Waals surface area contributed by atoms with Gasteiger partial charge in [0.15, 0.2) is 0 Å². The van der Waals surface area contributed by atoms with Crippen LogP contribution in [0.2, 0.25) is 0 Å². The van der Waals surface area contributed by atoms with E-state index in [0.717, 1.165) is 56.4 Å². The van der Waals surface area contributed by atoms with Gasteiger partial charge in [0.1, 0.15) is 35.9 Å². The zero-order chi connectivity index (χ0) is 40.5. The van der Waals surface area contributed by atoms with E-state index in [1.54, 1.807) is 22.2 Å². The zero-order valence-corrected chi connectivity index (χ0v) is 35.9. The number of aromatic nitrogens is 2. The minimum atomic E-state index is -0.497. The molecule has 2 aromatic rings. The minimum absolute atomic E-state index is 0. The van der Waals surface area contributed by atoms with Crippen molar-refractivity contribution in [2.75, 3.05) is 40.0 Å². The topological polar surface area (TPSA) is 150 Å². The van der Waals surface area contributed by atoms with Crippen molar-refractivity contribution in [1.29, 1.82) is 0 Å². The Hall–Kier alpha value is -3.73. The molecule has 0 spiro atoms. The number of amides is 2. The summed E-state index contributed by atoms with van der Waals surface area (Å²) in [6, 6.07) is 4.21. The van der Waals surface area contributed by atoms with E-state index in [0.29, 0.717) is 49.2 Å². The number of esters is 1. The van der Waals surface area contributed by atoms with E-state index in [2.05, 4.69) is 20.8 Å². The predicted octanol–water partition coefficient (Wildman–Crippen LogP) is 4.80. The first kappa shape index (κ1) is 51.4. The van der Waals surface area contributed by atoms with Crippen LogP contribution in [0.1, 0.15) is 125 Å². The Kier molecular flexibility index (Phi) is 20.3. The molecule has 2 aliphatic heterocycles. The van der Waals surface area contributed by atoms with Crippen molar-refractivity contribution in [3.63, 3.8) is 0 Å². The molecule has 0 unspecified atom stereocenters.